The molecule has 0 bridgehead atoms. The lowest BCUT2D eigenvalue weighted by Crippen LogP contribution is -2.14. The third-order valence-corrected chi connectivity index (χ3v) is 6.80. The second-order valence-electron chi connectivity index (χ2n) is 8.66. The van der Waals surface area contributed by atoms with Gasteiger partial charge in [-0.05, 0) is 80.4 Å². The lowest BCUT2D eigenvalue weighted by molar-refractivity contribution is 0.101. The number of nitrogens with one attached hydrogen (secondary N) is 3. The Bertz CT molecular complexity index is 1730. The number of aromatic nitrogens is 2. The Hall–Kier alpha value is -4.32. The first-order chi connectivity index (χ1) is 20.7. The maximum Gasteiger partial charge on any atom is 0.259 e. The van der Waals surface area contributed by atoms with Crippen molar-refractivity contribution < 1.29 is 18.7 Å². The average Bonchev–Trinajstić information content (AvgIpc) is 3.00. The number of hydrogen-bond donors (Lipinski definition) is 3. The molecule has 2 aromatic heterocycles. The molecule has 5 rings (SSSR count). The highest BCUT2D eigenvalue weighted by atomic mass is 79.9. The van der Waals surface area contributed by atoms with Gasteiger partial charge < -0.3 is 20.7 Å². The fraction of sp³-hybridized carbons (Fsp3) is 0.0323. The number of carbonyl (C=O) groups excluding carboxylic acids is 2. The Morgan fingerprint density at radius 2 is 1.28 bits per heavy atom. The van der Waals surface area contributed by atoms with Crippen molar-refractivity contribution in [3.63, 3.8) is 0 Å². The normalized spacial score (nSPS) is 10.2. The summed E-state index contributed by atoms with van der Waals surface area (Å²) in [4.78, 5) is 32.7. The largest absolute Gasteiger partial charge is 0.494 e. The Balaban J connectivity index is 0.000000215. The maximum atomic E-state index is 13.9. The van der Waals surface area contributed by atoms with E-state index in [1.54, 1.807) is 54.9 Å². The first kappa shape index (κ1) is 31.6. The van der Waals surface area contributed by atoms with Crippen LogP contribution in [0.15, 0.2) is 112 Å². The van der Waals surface area contributed by atoms with E-state index >= 15 is 0 Å². The molecular formula is C31H23Br2ClFN5O3. The van der Waals surface area contributed by atoms with Crippen molar-refractivity contribution in [1.29, 1.82) is 0 Å². The summed E-state index contributed by atoms with van der Waals surface area (Å²) < 4.78 is 20.2. The van der Waals surface area contributed by atoms with Crippen molar-refractivity contribution in [2.45, 2.75) is 0 Å². The quantitative estimate of drug-likeness (QED) is 0.145. The zero-order valence-electron chi connectivity index (χ0n) is 22.4. The van der Waals surface area contributed by atoms with Crippen LogP contribution >= 0.6 is 43.5 Å². The van der Waals surface area contributed by atoms with E-state index in [-0.39, 0.29) is 22.7 Å². The van der Waals surface area contributed by atoms with E-state index in [1.165, 1.54) is 19.2 Å². The minimum atomic E-state index is -0.509. The summed E-state index contributed by atoms with van der Waals surface area (Å²) >= 11 is 12.4. The topological polar surface area (TPSA) is 105 Å². The fourth-order valence-corrected chi connectivity index (χ4v) is 4.47. The molecule has 8 nitrogen and oxygen atoms in total. The number of anilines is 4. The van der Waals surface area contributed by atoms with Gasteiger partial charge in [0.05, 0.1) is 18.2 Å². The van der Waals surface area contributed by atoms with Crippen LogP contribution in [-0.4, -0.2) is 28.9 Å². The molecule has 5 aromatic rings. The molecule has 0 aliphatic heterocycles. The number of amides is 2. The van der Waals surface area contributed by atoms with Crippen molar-refractivity contribution in [1.82, 2.24) is 9.97 Å². The monoisotopic (exact) mass is 725 g/mol. The van der Waals surface area contributed by atoms with Crippen molar-refractivity contribution >= 4 is 78.2 Å². The molecule has 0 aliphatic carbocycles. The highest BCUT2D eigenvalue weighted by Gasteiger charge is 2.15. The molecule has 0 aliphatic rings. The summed E-state index contributed by atoms with van der Waals surface area (Å²) in [5, 5.41) is 8.70. The minimum Gasteiger partial charge on any atom is -0.494 e. The van der Waals surface area contributed by atoms with Crippen LogP contribution < -0.4 is 20.7 Å². The highest BCUT2D eigenvalue weighted by molar-refractivity contribution is 9.10. The van der Waals surface area contributed by atoms with Crippen molar-refractivity contribution in [3.8, 4) is 5.75 Å². The molecular weight excluding hydrogens is 705 g/mol. The molecule has 2 heterocycles. The van der Waals surface area contributed by atoms with Crippen molar-refractivity contribution in [2.75, 3.05) is 23.1 Å². The number of benzene rings is 3. The lowest BCUT2D eigenvalue weighted by atomic mass is 10.2. The first-order valence-corrected chi connectivity index (χ1v) is 14.5. The van der Waals surface area contributed by atoms with Crippen LogP contribution in [0.5, 0.6) is 5.75 Å². The van der Waals surface area contributed by atoms with E-state index < -0.39 is 5.82 Å². The molecule has 0 radical (unpaired) electrons. The van der Waals surface area contributed by atoms with Crippen LogP contribution in [0, 0.1) is 5.82 Å². The summed E-state index contributed by atoms with van der Waals surface area (Å²) in [6.45, 7) is 0. The van der Waals surface area contributed by atoms with Gasteiger partial charge in [-0.1, -0.05) is 48.0 Å². The molecule has 3 aromatic carbocycles. The van der Waals surface area contributed by atoms with Gasteiger partial charge in [0.15, 0.2) is 11.6 Å². The van der Waals surface area contributed by atoms with Gasteiger partial charge in [0.2, 0.25) is 0 Å². The van der Waals surface area contributed by atoms with Crippen LogP contribution in [0.3, 0.4) is 0 Å². The molecule has 12 heteroatoms. The van der Waals surface area contributed by atoms with Crippen molar-refractivity contribution in [2.24, 2.45) is 0 Å². The van der Waals surface area contributed by atoms with E-state index in [0.29, 0.717) is 43.0 Å². The maximum absolute atomic E-state index is 13.9. The first-order valence-electron chi connectivity index (χ1n) is 12.5. The number of halogens is 4. The number of para-hydroxylation sites is 2. The molecule has 0 atom stereocenters. The SMILES string of the molecule is COc1ccc(Nc2ncc(Br)cc2C(=O)Nc2ccccc2)cc1F.O=C(Nc1ccccc1)c1cc(Br)cnc1Cl. The third kappa shape index (κ3) is 9.08. The summed E-state index contributed by atoms with van der Waals surface area (Å²) in [5.74, 6) is -0.672. The Morgan fingerprint density at radius 1 is 0.744 bits per heavy atom. The number of ether oxygens (including phenoxy) is 1. The van der Waals surface area contributed by atoms with E-state index in [2.05, 4.69) is 57.8 Å². The minimum absolute atomic E-state index is 0.140. The molecule has 43 heavy (non-hydrogen) atoms. The molecule has 218 valence electrons. The zero-order chi connectivity index (χ0) is 30.8. The van der Waals surface area contributed by atoms with Crippen LogP contribution in [-0.2, 0) is 0 Å². The summed E-state index contributed by atoms with van der Waals surface area (Å²) in [6, 6.07) is 26.0. The van der Waals surface area contributed by atoms with E-state index in [1.807, 2.05) is 36.4 Å². The molecule has 0 saturated carbocycles. The van der Waals surface area contributed by atoms with Gasteiger partial charge in [-0.3, -0.25) is 9.59 Å². The number of carbonyl (C=O) groups is 2. The van der Waals surface area contributed by atoms with Crippen LogP contribution in [0.4, 0.5) is 27.3 Å². The molecule has 3 N–H and O–H groups in total. The predicted octanol–water partition coefficient (Wildman–Crippen LogP) is 8.74. The molecule has 0 saturated heterocycles. The second-order valence-corrected chi connectivity index (χ2v) is 10.8. The Kier molecular flexibility index (Phi) is 11.2. The summed E-state index contributed by atoms with van der Waals surface area (Å²) in [7, 11) is 1.40. The van der Waals surface area contributed by atoms with Crippen LogP contribution in [0.25, 0.3) is 0 Å². The third-order valence-electron chi connectivity index (χ3n) is 5.63. The van der Waals surface area contributed by atoms with E-state index in [9.17, 15) is 14.0 Å². The van der Waals surface area contributed by atoms with Gasteiger partial charge in [0.25, 0.3) is 11.8 Å². The molecule has 2 amide bonds. The second kappa shape index (κ2) is 15.2. The van der Waals surface area contributed by atoms with Gasteiger partial charge in [0, 0.05) is 44.5 Å². The van der Waals surface area contributed by atoms with Gasteiger partial charge in [-0.2, -0.15) is 0 Å². The number of nitrogens with zero attached hydrogens (tertiary/aromatic N) is 2. The number of pyridine rings is 2. The van der Waals surface area contributed by atoms with E-state index in [4.69, 9.17) is 16.3 Å². The zero-order valence-corrected chi connectivity index (χ0v) is 26.4. The van der Waals surface area contributed by atoms with Crippen LogP contribution in [0.1, 0.15) is 20.7 Å². The van der Waals surface area contributed by atoms with E-state index in [0.717, 1.165) is 0 Å². The predicted molar refractivity (Wildman–Crippen MR) is 174 cm³/mol. The van der Waals surface area contributed by atoms with Gasteiger partial charge >= 0.3 is 0 Å². The molecule has 0 unspecified atom stereocenters. The Labute approximate surface area is 268 Å². The number of rotatable bonds is 7. The smallest absolute Gasteiger partial charge is 0.259 e. The van der Waals surface area contributed by atoms with Crippen molar-refractivity contribution in [3.05, 3.63) is 134 Å². The highest BCUT2D eigenvalue weighted by Crippen LogP contribution is 2.26. The lowest BCUT2D eigenvalue weighted by Gasteiger charge is -2.12. The fourth-order valence-electron chi connectivity index (χ4n) is 3.61. The average molecular weight is 728 g/mol. The van der Waals surface area contributed by atoms with Gasteiger partial charge in [-0.15, -0.1) is 0 Å². The summed E-state index contributed by atoms with van der Waals surface area (Å²) in [6.07, 6.45) is 3.10. The Morgan fingerprint density at radius 3 is 1.84 bits per heavy atom. The van der Waals surface area contributed by atoms with Gasteiger partial charge in [-0.25, -0.2) is 14.4 Å². The number of hydrogen-bond acceptors (Lipinski definition) is 6. The van der Waals surface area contributed by atoms with Gasteiger partial charge in [0.1, 0.15) is 11.0 Å². The molecule has 0 fully saturated rings. The number of methoxy groups -OCH3 is 1. The van der Waals surface area contributed by atoms with Crippen LogP contribution in [0.2, 0.25) is 5.15 Å². The summed E-state index contributed by atoms with van der Waals surface area (Å²) in [5.41, 5.74) is 2.49. The molecule has 0 spiro atoms. The standard InChI is InChI=1S/C19H15BrFN3O2.C12H8BrClN2O/c1-26-17-8-7-14(10-16(17)21)23-18-15(9-12(20)11-22-18)19(25)24-13-5-3-2-4-6-13;13-8-6-10(11(14)15-7-8)12(17)16-9-4-2-1-3-5-9/h2-11H,1H3,(H,22,23)(H,24,25);1-7H,(H,16,17).